The van der Waals surface area contributed by atoms with Gasteiger partial charge in [0.15, 0.2) is 0 Å². The minimum Gasteiger partial charge on any atom is -0.480 e. The normalized spacial score (nSPS) is 14.1. The van der Waals surface area contributed by atoms with Crippen molar-refractivity contribution in [1.82, 2.24) is 5.32 Å². The van der Waals surface area contributed by atoms with Gasteiger partial charge in [-0.15, -0.1) is 0 Å². The number of nitrogens with one attached hydrogen (secondary N) is 1. The van der Waals surface area contributed by atoms with Crippen molar-refractivity contribution in [2.24, 2.45) is 0 Å². The highest BCUT2D eigenvalue weighted by atomic mass is 19.3. The number of carboxylic acid groups (broad SMARTS) is 1. The average Bonchev–Trinajstić information content (AvgIpc) is 2.38. The van der Waals surface area contributed by atoms with Crippen LogP contribution >= 0.6 is 0 Å². The van der Waals surface area contributed by atoms with Gasteiger partial charge in [-0.05, 0) is 24.6 Å². The van der Waals surface area contributed by atoms with Crippen LogP contribution in [0.15, 0.2) is 24.3 Å². The highest BCUT2D eigenvalue weighted by molar-refractivity contribution is 5.80. The van der Waals surface area contributed by atoms with Crippen LogP contribution in [0.25, 0.3) is 0 Å². The van der Waals surface area contributed by atoms with Crippen molar-refractivity contribution in [3.8, 4) is 5.75 Å². The Hall–Kier alpha value is -1.73. The molecule has 1 aromatic carbocycles. The molecule has 0 saturated heterocycles. The molecule has 1 rings (SSSR count). The first-order chi connectivity index (χ1) is 9.40. The fraction of sp³-hybridized carbons (Fsp3) is 0.462. The van der Waals surface area contributed by atoms with Crippen LogP contribution in [0.4, 0.5) is 8.78 Å². The Kier molecular flexibility index (Phi) is 5.84. The number of benzene rings is 1. The molecule has 112 valence electrons. The van der Waals surface area contributed by atoms with Crippen LogP contribution in [0.3, 0.4) is 0 Å². The molecule has 0 aromatic heterocycles. The van der Waals surface area contributed by atoms with Crippen molar-refractivity contribution in [1.29, 1.82) is 0 Å². The molecule has 1 aromatic rings. The fourth-order valence-corrected chi connectivity index (χ4v) is 1.69. The Balaban J connectivity index is 2.99. The predicted molar refractivity (Wildman–Crippen MR) is 67.9 cm³/mol. The van der Waals surface area contributed by atoms with Crippen molar-refractivity contribution in [3.63, 3.8) is 0 Å². The minimum atomic E-state index is -2.96. The number of alkyl halides is 2. The number of halogens is 2. The molecule has 0 aliphatic carbocycles. The molecular weight excluding hydrogens is 272 g/mol. The van der Waals surface area contributed by atoms with Crippen molar-refractivity contribution >= 4 is 5.97 Å². The van der Waals surface area contributed by atoms with Gasteiger partial charge in [-0.25, -0.2) is 4.79 Å². The first kappa shape index (κ1) is 16.3. The zero-order chi connectivity index (χ0) is 15.2. The number of hydrogen-bond acceptors (Lipinski definition) is 4. The molecule has 5 nitrogen and oxygen atoms in total. The lowest BCUT2D eigenvalue weighted by Gasteiger charge is -2.27. The Morgan fingerprint density at radius 2 is 2.20 bits per heavy atom. The second-order valence-electron chi connectivity index (χ2n) is 4.26. The summed E-state index contributed by atoms with van der Waals surface area (Å²) in [5.41, 5.74) is -1.10. The third kappa shape index (κ3) is 4.14. The van der Waals surface area contributed by atoms with Gasteiger partial charge in [0.25, 0.3) is 0 Å². The Morgan fingerprint density at radius 3 is 2.75 bits per heavy atom. The SMILES string of the molecule is COCCNC(C)(C(=O)O)c1cccc(OC(F)F)c1. The van der Waals surface area contributed by atoms with E-state index in [0.29, 0.717) is 18.7 Å². The summed E-state index contributed by atoms with van der Waals surface area (Å²) in [4.78, 5) is 11.5. The Labute approximate surface area is 115 Å². The summed E-state index contributed by atoms with van der Waals surface area (Å²) in [7, 11) is 1.50. The number of aliphatic carboxylic acids is 1. The maximum absolute atomic E-state index is 12.2. The van der Waals surface area contributed by atoms with Crippen molar-refractivity contribution in [2.45, 2.75) is 19.1 Å². The Bertz CT molecular complexity index is 456. The lowest BCUT2D eigenvalue weighted by atomic mass is 9.92. The van der Waals surface area contributed by atoms with Crippen LogP contribution in [-0.2, 0) is 15.1 Å². The number of ether oxygens (including phenoxy) is 2. The zero-order valence-electron chi connectivity index (χ0n) is 11.2. The summed E-state index contributed by atoms with van der Waals surface area (Å²) >= 11 is 0. The lowest BCUT2D eigenvalue weighted by molar-refractivity contribution is -0.144. The molecule has 0 fully saturated rings. The molecule has 0 aliphatic heterocycles. The zero-order valence-corrected chi connectivity index (χ0v) is 11.2. The van der Waals surface area contributed by atoms with E-state index in [-0.39, 0.29) is 5.75 Å². The predicted octanol–water partition coefficient (Wildman–Crippen LogP) is 1.82. The van der Waals surface area contributed by atoms with Crippen molar-refractivity contribution < 1.29 is 28.2 Å². The van der Waals surface area contributed by atoms with E-state index in [2.05, 4.69) is 10.1 Å². The Morgan fingerprint density at radius 1 is 1.50 bits per heavy atom. The van der Waals surface area contributed by atoms with E-state index in [1.165, 1.54) is 38.3 Å². The molecule has 7 heteroatoms. The molecule has 1 atom stereocenters. The first-order valence-corrected chi connectivity index (χ1v) is 5.93. The van der Waals surface area contributed by atoms with Crippen LogP contribution in [0, 0.1) is 0 Å². The average molecular weight is 289 g/mol. The van der Waals surface area contributed by atoms with Gasteiger partial charge >= 0.3 is 12.6 Å². The molecule has 1 unspecified atom stereocenters. The number of methoxy groups -OCH3 is 1. The molecule has 0 aliphatic rings. The van der Waals surface area contributed by atoms with E-state index in [0.717, 1.165) is 0 Å². The molecule has 0 radical (unpaired) electrons. The van der Waals surface area contributed by atoms with Gasteiger partial charge < -0.3 is 14.6 Å². The van der Waals surface area contributed by atoms with Gasteiger partial charge in [0, 0.05) is 13.7 Å². The standard InChI is InChI=1S/C13H17F2NO4/c1-13(11(17)18,16-6-7-19-2)9-4-3-5-10(8-9)20-12(14)15/h3-5,8,12,16H,6-7H2,1-2H3,(H,17,18). The van der Waals surface area contributed by atoms with Gasteiger partial charge in [-0.2, -0.15) is 8.78 Å². The second kappa shape index (κ2) is 7.16. The van der Waals surface area contributed by atoms with Crippen LogP contribution in [0.5, 0.6) is 5.75 Å². The third-order valence-corrected chi connectivity index (χ3v) is 2.85. The summed E-state index contributed by atoms with van der Waals surface area (Å²) in [5, 5.41) is 12.2. The largest absolute Gasteiger partial charge is 0.480 e. The molecule has 2 N–H and O–H groups in total. The van der Waals surface area contributed by atoms with Crippen molar-refractivity contribution in [3.05, 3.63) is 29.8 Å². The second-order valence-corrected chi connectivity index (χ2v) is 4.26. The van der Waals surface area contributed by atoms with Crippen LogP contribution in [-0.4, -0.2) is 37.9 Å². The maximum Gasteiger partial charge on any atom is 0.387 e. The van der Waals surface area contributed by atoms with Gasteiger partial charge in [0.1, 0.15) is 11.3 Å². The molecule has 0 spiro atoms. The van der Waals surface area contributed by atoms with E-state index in [4.69, 9.17) is 4.74 Å². The summed E-state index contributed by atoms with van der Waals surface area (Å²) in [6.07, 6.45) is 0. The van der Waals surface area contributed by atoms with Gasteiger partial charge in [-0.3, -0.25) is 5.32 Å². The third-order valence-electron chi connectivity index (χ3n) is 2.85. The fourth-order valence-electron chi connectivity index (χ4n) is 1.69. The van der Waals surface area contributed by atoms with Crippen LogP contribution in [0.2, 0.25) is 0 Å². The van der Waals surface area contributed by atoms with E-state index in [9.17, 15) is 18.7 Å². The number of carbonyl (C=O) groups is 1. The summed E-state index contributed by atoms with van der Waals surface area (Å²) in [5.74, 6) is -1.21. The molecule has 0 saturated carbocycles. The summed E-state index contributed by atoms with van der Waals surface area (Å²) < 4.78 is 33.5. The van der Waals surface area contributed by atoms with Crippen molar-refractivity contribution in [2.75, 3.05) is 20.3 Å². The van der Waals surface area contributed by atoms with Gasteiger partial charge in [-0.1, -0.05) is 12.1 Å². The van der Waals surface area contributed by atoms with E-state index in [1.807, 2.05) is 0 Å². The minimum absolute atomic E-state index is 0.0847. The van der Waals surface area contributed by atoms with Crippen LogP contribution < -0.4 is 10.1 Å². The quantitative estimate of drug-likeness (QED) is 0.715. The van der Waals surface area contributed by atoms with Gasteiger partial charge in [0.05, 0.1) is 6.61 Å². The molecule has 0 bridgehead atoms. The number of hydrogen-bond donors (Lipinski definition) is 2. The first-order valence-electron chi connectivity index (χ1n) is 5.93. The topological polar surface area (TPSA) is 67.8 Å². The smallest absolute Gasteiger partial charge is 0.387 e. The van der Waals surface area contributed by atoms with E-state index < -0.39 is 18.1 Å². The summed E-state index contributed by atoms with van der Waals surface area (Å²) in [6.45, 7) is -0.871. The molecule has 20 heavy (non-hydrogen) atoms. The highest BCUT2D eigenvalue weighted by Gasteiger charge is 2.34. The number of rotatable bonds is 8. The monoisotopic (exact) mass is 289 g/mol. The number of carboxylic acids is 1. The maximum atomic E-state index is 12.2. The molecule has 0 amide bonds. The summed E-state index contributed by atoms with van der Waals surface area (Å²) in [6, 6.07) is 5.62. The van der Waals surface area contributed by atoms with E-state index in [1.54, 1.807) is 0 Å². The van der Waals surface area contributed by atoms with E-state index >= 15 is 0 Å². The van der Waals surface area contributed by atoms with Crippen LogP contribution in [0.1, 0.15) is 12.5 Å². The molecule has 0 heterocycles. The van der Waals surface area contributed by atoms with Gasteiger partial charge in [0.2, 0.25) is 0 Å². The molecular formula is C13H17F2NO4. The lowest BCUT2D eigenvalue weighted by Crippen LogP contribution is -2.47. The highest BCUT2D eigenvalue weighted by Crippen LogP contribution is 2.25.